The first kappa shape index (κ1) is 28.8. The molecule has 244 valence electrons. The third kappa shape index (κ3) is 4.49. The summed E-state index contributed by atoms with van der Waals surface area (Å²) < 4.78 is 13.0. The molecule has 1 aliphatic heterocycles. The average molecular weight is 668 g/mol. The molecule has 5 heteroatoms. The van der Waals surface area contributed by atoms with Gasteiger partial charge in [-0.3, -0.25) is 0 Å². The van der Waals surface area contributed by atoms with Crippen LogP contribution in [0.25, 0.3) is 76.5 Å². The van der Waals surface area contributed by atoms with Gasteiger partial charge in [0.05, 0.1) is 0 Å². The fourth-order valence-corrected chi connectivity index (χ4v) is 7.84. The van der Waals surface area contributed by atoms with Gasteiger partial charge in [-0.15, -0.1) is 0 Å². The Morgan fingerprint density at radius 1 is 0.423 bits per heavy atom. The Morgan fingerprint density at radius 3 is 2.02 bits per heavy atom. The highest BCUT2D eigenvalue weighted by Gasteiger charge is 2.25. The second kappa shape index (κ2) is 11.3. The van der Waals surface area contributed by atoms with Crippen molar-refractivity contribution in [2.24, 2.45) is 9.98 Å². The number of nitrogens with zero attached hydrogens (tertiary/aromatic N) is 2. The topological polar surface area (TPSA) is 63.0 Å². The summed E-state index contributed by atoms with van der Waals surface area (Å²) >= 11 is 0. The first-order valence-corrected chi connectivity index (χ1v) is 17.5. The maximum atomic E-state index is 6.59. The standard InChI is InChI=1S/C47H29N3O2/c1-2-11-30(12-3-1)45-48-46(32-23-22-29-21-20-28-10-4-5-13-33(28)39(29)26-32)50-47(49-45)38-17-9-19-41-43(38)37-25-24-31(27-42(37)51-41)34-15-8-16-36-35-14-6-7-18-40(35)52-44(34)36/h1-27,47H,(H,48,49,50). The molecule has 2 aromatic heterocycles. The molecule has 1 N–H and O–H groups in total. The number of para-hydroxylation sites is 2. The number of fused-ring (bicyclic) bond motifs is 9. The van der Waals surface area contributed by atoms with Crippen LogP contribution in [-0.2, 0) is 0 Å². The fraction of sp³-hybridized carbons (Fsp3) is 0.0213. The lowest BCUT2D eigenvalue weighted by Gasteiger charge is -2.23. The van der Waals surface area contributed by atoms with Gasteiger partial charge in [0.25, 0.3) is 0 Å². The van der Waals surface area contributed by atoms with E-state index in [4.69, 9.17) is 18.8 Å². The van der Waals surface area contributed by atoms with Gasteiger partial charge < -0.3 is 14.2 Å². The molecule has 0 radical (unpaired) electrons. The number of hydrogen-bond acceptors (Lipinski definition) is 5. The molecule has 10 aromatic rings. The minimum Gasteiger partial charge on any atom is -0.456 e. The van der Waals surface area contributed by atoms with E-state index in [9.17, 15) is 0 Å². The highest BCUT2D eigenvalue weighted by atomic mass is 16.3. The fourth-order valence-electron chi connectivity index (χ4n) is 7.84. The number of furan rings is 2. The van der Waals surface area contributed by atoms with Crippen LogP contribution in [0.1, 0.15) is 22.9 Å². The molecule has 0 amide bonds. The van der Waals surface area contributed by atoms with E-state index < -0.39 is 6.17 Å². The van der Waals surface area contributed by atoms with E-state index in [1.165, 1.54) is 21.5 Å². The van der Waals surface area contributed by atoms with E-state index in [2.05, 4.69) is 121 Å². The highest BCUT2D eigenvalue weighted by Crippen LogP contribution is 2.41. The van der Waals surface area contributed by atoms with E-state index in [-0.39, 0.29) is 0 Å². The second-order valence-corrected chi connectivity index (χ2v) is 13.4. The molecule has 8 aromatic carbocycles. The third-order valence-corrected chi connectivity index (χ3v) is 10.3. The summed E-state index contributed by atoms with van der Waals surface area (Å²) in [5.41, 5.74) is 8.43. The second-order valence-electron chi connectivity index (χ2n) is 13.4. The zero-order valence-corrected chi connectivity index (χ0v) is 27.9. The molecule has 0 saturated heterocycles. The number of benzene rings is 8. The predicted octanol–water partition coefficient (Wildman–Crippen LogP) is 12.0. The minimum absolute atomic E-state index is 0.497. The maximum Gasteiger partial charge on any atom is 0.170 e. The van der Waals surface area contributed by atoms with Gasteiger partial charge in [-0.25, -0.2) is 9.98 Å². The van der Waals surface area contributed by atoms with E-state index in [0.29, 0.717) is 0 Å². The third-order valence-electron chi connectivity index (χ3n) is 10.3. The molecule has 3 heterocycles. The van der Waals surface area contributed by atoms with Gasteiger partial charge in [0.2, 0.25) is 0 Å². The van der Waals surface area contributed by atoms with E-state index in [1.54, 1.807) is 0 Å². The molecular formula is C47H29N3O2. The largest absolute Gasteiger partial charge is 0.456 e. The van der Waals surface area contributed by atoms with Crippen molar-refractivity contribution in [3.63, 3.8) is 0 Å². The molecule has 1 aliphatic rings. The van der Waals surface area contributed by atoms with Gasteiger partial charge in [0.1, 0.15) is 34.0 Å². The summed E-state index contributed by atoms with van der Waals surface area (Å²) in [6, 6.07) is 56.8. The smallest absolute Gasteiger partial charge is 0.170 e. The molecule has 1 atom stereocenters. The predicted molar refractivity (Wildman–Crippen MR) is 213 cm³/mol. The Labute approximate surface area is 298 Å². The van der Waals surface area contributed by atoms with Crippen LogP contribution in [0.2, 0.25) is 0 Å². The Bertz CT molecular complexity index is 3110. The summed E-state index contributed by atoms with van der Waals surface area (Å²) in [6.07, 6.45) is -0.497. The van der Waals surface area contributed by atoms with Crippen LogP contribution in [0.3, 0.4) is 0 Å². The highest BCUT2D eigenvalue weighted by molar-refractivity contribution is 6.18. The van der Waals surface area contributed by atoms with Gasteiger partial charge in [-0.2, -0.15) is 0 Å². The van der Waals surface area contributed by atoms with Gasteiger partial charge in [0, 0.05) is 43.8 Å². The zero-order chi connectivity index (χ0) is 34.2. The quantitative estimate of drug-likeness (QED) is 0.190. The van der Waals surface area contributed by atoms with Crippen LogP contribution in [0, 0.1) is 0 Å². The van der Waals surface area contributed by atoms with Crippen LogP contribution in [0.5, 0.6) is 0 Å². The van der Waals surface area contributed by atoms with E-state index in [1.807, 2.05) is 48.5 Å². The van der Waals surface area contributed by atoms with Crippen molar-refractivity contribution in [1.29, 1.82) is 0 Å². The Kier molecular flexibility index (Phi) is 6.25. The van der Waals surface area contributed by atoms with Gasteiger partial charge in [-0.1, -0.05) is 133 Å². The van der Waals surface area contributed by atoms with Crippen LogP contribution >= 0.6 is 0 Å². The van der Waals surface area contributed by atoms with Crippen LogP contribution in [0.4, 0.5) is 0 Å². The Morgan fingerprint density at radius 2 is 1.12 bits per heavy atom. The first-order chi connectivity index (χ1) is 25.7. The summed E-state index contributed by atoms with van der Waals surface area (Å²) in [5.74, 6) is 1.55. The van der Waals surface area contributed by atoms with Gasteiger partial charge in [0.15, 0.2) is 6.17 Å². The van der Waals surface area contributed by atoms with Crippen LogP contribution in [0.15, 0.2) is 183 Å². The van der Waals surface area contributed by atoms with Crippen molar-refractivity contribution in [2.75, 3.05) is 0 Å². The summed E-state index contributed by atoms with van der Waals surface area (Å²) in [5, 5.41) is 12.7. The molecule has 0 fully saturated rings. The first-order valence-electron chi connectivity index (χ1n) is 17.5. The molecule has 1 unspecified atom stereocenters. The van der Waals surface area contributed by atoms with Crippen LogP contribution in [-0.4, -0.2) is 11.7 Å². The molecule has 0 saturated carbocycles. The van der Waals surface area contributed by atoms with Crippen LogP contribution < -0.4 is 5.32 Å². The van der Waals surface area contributed by atoms with Gasteiger partial charge >= 0.3 is 0 Å². The number of hydrogen-bond donors (Lipinski definition) is 1. The van der Waals surface area contributed by atoms with Crippen molar-refractivity contribution in [3.05, 3.63) is 180 Å². The lowest BCUT2D eigenvalue weighted by Crippen LogP contribution is -2.36. The number of nitrogens with one attached hydrogen (secondary N) is 1. The average Bonchev–Trinajstić information content (AvgIpc) is 3.79. The molecule has 52 heavy (non-hydrogen) atoms. The zero-order valence-electron chi connectivity index (χ0n) is 27.9. The Balaban J connectivity index is 1.07. The molecule has 5 nitrogen and oxygen atoms in total. The number of aliphatic imine (C=N–C) groups is 2. The number of amidine groups is 2. The van der Waals surface area contributed by atoms with Gasteiger partial charge in [-0.05, 0) is 57.4 Å². The van der Waals surface area contributed by atoms with Crippen molar-refractivity contribution in [1.82, 2.24) is 5.32 Å². The summed E-state index contributed by atoms with van der Waals surface area (Å²) in [6.45, 7) is 0. The molecule has 11 rings (SSSR count). The molecule has 0 aliphatic carbocycles. The van der Waals surface area contributed by atoms with Crippen molar-refractivity contribution in [2.45, 2.75) is 6.17 Å². The lowest BCUT2D eigenvalue weighted by atomic mass is 9.98. The van der Waals surface area contributed by atoms with Crippen molar-refractivity contribution in [3.8, 4) is 11.1 Å². The van der Waals surface area contributed by atoms with Crippen molar-refractivity contribution >= 4 is 77.1 Å². The molecule has 0 spiro atoms. The normalized spacial score (nSPS) is 14.7. The maximum absolute atomic E-state index is 6.59. The van der Waals surface area contributed by atoms with E-state index >= 15 is 0 Å². The molecule has 0 bridgehead atoms. The molecular weight excluding hydrogens is 639 g/mol. The number of rotatable bonds is 4. The van der Waals surface area contributed by atoms with E-state index in [0.717, 1.165) is 83.4 Å². The lowest BCUT2D eigenvalue weighted by molar-refractivity contribution is 0.667. The minimum atomic E-state index is -0.497. The Hall–Kier alpha value is -6.98. The monoisotopic (exact) mass is 667 g/mol. The van der Waals surface area contributed by atoms with Crippen molar-refractivity contribution < 1.29 is 8.83 Å². The summed E-state index contributed by atoms with van der Waals surface area (Å²) in [4.78, 5) is 10.5. The summed E-state index contributed by atoms with van der Waals surface area (Å²) in [7, 11) is 0. The SMILES string of the molecule is c1ccc(C2=NC(c3cccc4oc5cc(-c6cccc7c6oc6ccccc67)ccc5c34)N=C(c3ccc4ccc5ccccc5c4c3)N2)cc1.